The number of amides is 2. The molecule has 5 rings (SSSR count). The number of benzene rings is 2. The van der Waals surface area contributed by atoms with Crippen LogP contribution in [0.5, 0.6) is 0 Å². The lowest BCUT2D eigenvalue weighted by Crippen LogP contribution is -2.33. The number of hydrogen-bond acceptors (Lipinski definition) is 6. The maximum absolute atomic E-state index is 13.5. The Kier molecular flexibility index (Phi) is 8.65. The van der Waals surface area contributed by atoms with Crippen LogP contribution in [-0.2, 0) is 34.2 Å². The number of rotatable bonds is 9. The van der Waals surface area contributed by atoms with E-state index in [4.69, 9.17) is 33.0 Å². The average molecular weight is 616 g/mol. The number of nitrogens with one attached hydrogen (secondary N) is 1. The Morgan fingerprint density at radius 2 is 1.98 bits per heavy atom. The second-order valence-electron chi connectivity index (χ2n) is 9.94. The third-order valence-corrected chi connectivity index (χ3v) is 9.05. The van der Waals surface area contributed by atoms with Gasteiger partial charge in [-0.2, -0.15) is 0 Å². The molecule has 1 aliphatic heterocycles. The minimum atomic E-state index is -0.869. The summed E-state index contributed by atoms with van der Waals surface area (Å²) in [7, 11) is 3.49. The molecule has 12 heteroatoms. The maximum atomic E-state index is 13.5. The third-order valence-electron chi connectivity index (χ3n) is 7.23. The Morgan fingerprint density at radius 1 is 1.20 bits per heavy atom. The summed E-state index contributed by atoms with van der Waals surface area (Å²) in [5.41, 5.74) is 2.32. The Balaban J connectivity index is 1.31. The van der Waals surface area contributed by atoms with Crippen molar-refractivity contribution in [2.75, 3.05) is 19.0 Å². The fraction of sp³-hybridized carbons (Fsp3) is 0.310. The zero-order valence-corrected chi connectivity index (χ0v) is 24.7. The highest BCUT2D eigenvalue weighted by molar-refractivity contribution is 7.11. The van der Waals surface area contributed by atoms with Crippen LogP contribution in [0.15, 0.2) is 48.8 Å². The minimum Gasteiger partial charge on any atom is -0.481 e. The van der Waals surface area contributed by atoms with Crippen molar-refractivity contribution in [3.63, 3.8) is 0 Å². The molecular weight excluding hydrogens is 587 g/mol. The van der Waals surface area contributed by atoms with Gasteiger partial charge in [-0.05, 0) is 30.2 Å². The van der Waals surface area contributed by atoms with Crippen molar-refractivity contribution in [3.8, 4) is 0 Å². The molecule has 0 aliphatic carbocycles. The van der Waals surface area contributed by atoms with E-state index >= 15 is 0 Å². The minimum absolute atomic E-state index is 0.000281. The molecule has 9 nitrogen and oxygen atoms in total. The van der Waals surface area contributed by atoms with Crippen LogP contribution in [0.2, 0.25) is 10.0 Å². The molecule has 4 aromatic rings. The number of methoxy groups -OCH3 is 1. The number of nitrogens with zero attached hydrogens (tertiary/aromatic N) is 3. The van der Waals surface area contributed by atoms with E-state index in [0.717, 1.165) is 20.8 Å². The molecule has 214 valence electrons. The molecule has 2 amide bonds. The van der Waals surface area contributed by atoms with Gasteiger partial charge in [0.15, 0.2) is 0 Å². The molecule has 41 heavy (non-hydrogen) atoms. The molecule has 2 atom stereocenters. The Labute approximate surface area is 250 Å². The van der Waals surface area contributed by atoms with Gasteiger partial charge >= 0.3 is 5.97 Å². The van der Waals surface area contributed by atoms with E-state index in [1.165, 1.54) is 11.3 Å². The van der Waals surface area contributed by atoms with Gasteiger partial charge in [0, 0.05) is 60.3 Å². The number of aliphatic carboxylic acids is 1. The van der Waals surface area contributed by atoms with E-state index in [1.807, 2.05) is 35.9 Å². The predicted octanol–water partition coefficient (Wildman–Crippen LogP) is 5.74. The highest BCUT2D eigenvalue weighted by atomic mass is 35.5. The molecule has 0 saturated carbocycles. The van der Waals surface area contributed by atoms with Gasteiger partial charge in [-0.3, -0.25) is 14.4 Å². The molecule has 1 fully saturated rings. The van der Waals surface area contributed by atoms with Crippen LogP contribution < -0.4 is 5.32 Å². The monoisotopic (exact) mass is 614 g/mol. The van der Waals surface area contributed by atoms with Crippen LogP contribution in [0, 0.1) is 0 Å². The molecular formula is C29H28Cl2N4O5S. The first kappa shape index (κ1) is 29.1. The summed E-state index contributed by atoms with van der Waals surface area (Å²) in [6, 6.07) is 10.5. The van der Waals surface area contributed by atoms with Crippen molar-refractivity contribution < 1.29 is 24.2 Å². The first-order chi connectivity index (χ1) is 19.6. The third kappa shape index (κ3) is 6.25. The van der Waals surface area contributed by atoms with E-state index in [0.29, 0.717) is 41.2 Å². The largest absolute Gasteiger partial charge is 0.481 e. The van der Waals surface area contributed by atoms with Gasteiger partial charge in [-0.25, -0.2) is 4.98 Å². The summed E-state index contributed by atoms with van der Waals surface area (Å²) in [4.78, 5) is 44.6. The molecule has 1 aliphatic rings. The van der Waals surface area contributed by atoms with Crippen molar-refractivity contribution in [2.45, 2.75) is 37.8 Å². The number of thiazole rings is 1. The molecule has 0 bridgehead atoms. The van der Waals surface area contributed by atoms with E-state index in [1.54, 1.807) is 36.5 Å². The topological polar surface area (TPSA) is 114 Å². The highest BCUT2D eigenvalue weighted by Crippen LogP contribution is 2.37. The predicted molar refractivity (Wildman–Crippen MR) is 159 cm³/mol. The number of hydrogen-bond donors (Lipinski definition) is 2. The molecule has 2 aromatic carbocycles. The lowest BCUT2D eigenvalue weighted by Gasteiger charge is -2.23. The van der Waals surface area contributed by atoms with Gasteiger partial charge in [0.25, 0.3) is 5.91 Å². The lowest BCUT2D eigenvalue weighted by atomic mass is 10.1. The standard InChI is InChI=1S/C29H28Cl2N4O5S/c1-34-15-20(19-5-3-4-6-24(19)34)28(39)33-23-12-21(30)16(9-22(23)31)10-26(36)35-14-17(40-2)11-25(35)29-32-13-18(41-29)7-8-27(37)38/h3-6,9,12-13,15,17,25H,7-8,10-11,14H2,1-2H3,(H,33,39)(H,37,38)/t17-,25+/m1/s1. The smallest absolute Gasteiger partial charge is 0.303 e. The number of anilines is 1. The van der Waals surface area contributed by atoms with Crippen molar-refractivity contribution in [1.82, 2.24) is 14.5 Å². The SMILES string of the molecule is CO[C@@H]1C[C@@H](c2ncc(CCC(=O)O)s2)N(C(=O)Cc2cc(Cl)c(NC(=O)c3cn(C)c4ccccc34)cc2Cl)C1. The molecule has 0 spiro atoms. The van der Waals surface area contributed by atoms with Gasteiger partial charge in [-0.15, -0.1) is 11.3 Å². The molecule has 2 N–H and O–H groups in total. The van der Waals surface area contributed by atoms with Gasteiger partial charge in [0.05, 0.1) is 41.3 Å². The van der Waals surface area contributed by atoms with E-state index in [-0.39, 0.29) is 41.8 Å². The van der Waals surface area contributed by atoms with Crippen LogP contribution in [-0.4, -0.2) is 57.1 Å². The summed E-state index contributed by atoms with van der Waals surface area (Å²) in [6.07, 6.45) is 4.28. The number of carbonyl (C=O) groups excluding carboxylic acids is 2. The fourth-order valence-electron chi connectivity index (χ4n) is 5.10. The number of carbonyl (C=O) groups is 3. The first-order valence-electron chi connectivity index (χ1n) is 13.0. The van der Waals surface area contributed by atoms with Crippen LogP contribution >= 0.6 is 34.5 Å². The lowest BCUT2D eigenvalue weighted by molar-refractivity contribution is -0.137. The summed E-state index contributed by atoms with van der Waals surface area (Å²) in [5, 5.41) is 14.0. The molecule has 2 aromatic heterocycles. The summed E-state index contributed by atoms with van der Waals surface area (Å²) < 4.78 is 7.44. The number of aryl methyl sites for hydroxylation is 2. The normalized spacial score (nSPS) is 16.8. The van der Waals surface area contributed by atoms with E-state index in [9.17, 15) is 14.4 Å². The van der Waals surface area contributed by atoms with Gasteiger partial charge < -0.3 is 24.6 Å². The van der Waals surface area contributed by atoms with Crippen molar-refractivity contribution in [1.29, 1.82) is 0 Å². The molecule has 3 heterocycles. The Bertz CT molecular complexity index is 1630. The Morgan fingerprint density at radius 3 is 2.73 bits per heavy atom. The number of halogens is 2. The van der Waals surface area contributed by atoms with Crippen LogP contribution in [0.4, 0.5) is 5.69 Å². The number of ether oxygens (including phenoxy) is 1. The molecule has 1 saturated heterocycles. The van der Waals surface area contributed by atoms with Gasteiger partial charge in [0.2, 0.25) is 5.91 Å². The number of aromatic nitrogens is 2. The maximum Gasteiger partial charge on any atom is 0.303 e. The van der Waals surface area contributed by atoms with Crippen molar-refractivity contribution in [3.05, 3.63) is 79.8 Å². The zero-order chi connectivity index (χ0) is 29.3. The number of carboxylic acids is 1. The quantitative estimate of drug-likeness (QED) is 0.248. The second kappa shape index (κ2) is 12.2. The second-order valence-corrected chi connectivity index (χ2v) is 11.9. The summed E-state index contributed by atoms with van der Waals surface area (Å²) in [5.74, 6) is -1.35. The summed E-state index contributed by atoms with van der Waals surface area (Å²) in [6.45, 7) is 0.397. The number of carboxylic acid groups (broad SMARTS) is 1. The van der Waals surface area contributed by atoms with Crippen LogP contribution in [0.25, 0.3) is 10.9 Å². The van der Waals surface area contributed by atoms with E-state index in [2.05, 4.69) is 10.3 Å². The average Bonchev–Trinajstić information content (AvgIpc) is 3.67. The number of para-hydroxylation sites is 1. The van der Waals surface area contributed by atoms with Crippen LogP contribution in [0.1, 0.15) is 44.7 Å². The first-order valence-corrected chi connectivity index (χ1v) is 14.5. The molecule has 0 radical (unpaired) electrons. The van der Waals surface area contributed by atoms with Crippen molar-refractivity contribution in [2.24, 2.45) is 7.05 Å². The van der Waals surface area contributed by atoms with Gasteiger partial charge in [0.1, 0.15) is 5.01 Å². The summed E-state index contributed by atoms with van der Waals surface area (Å²) >= 11 is 14.5. The Hall–Kier alpha value is -3.44. The van der Waals surface area contributed by atoms with Crippen molar-refractivity contribution >= 4 is 68.9 Å². The highest BCUT2D eigenvalue weighted by Gasteiger charge is 2.38. The number of likely N-dealkylation sites (tertiary alicyclic amines) is 1. The molecule has 0 unspecified atom stereocenters. The zero-order valence-electron chi connectivity index (χ0n) is 22.4. The fourth-order valence-corrected chi connectivity index (χ4v) is 6.60. The van der Waals surface area contributed by atoms with E-state index < -0.39 is 5.97 Å². The number of fused-ring (bicyclic) bond motifs is 1. The van der Waals surface area contributed by atoms with Crippen LogP contribution in [0.3, 0.4) is 0 Å². The van der Waals surface area contributed by atoms with Gasteiger partial charge in [-0.1, -0.05) is 41.4 Å².